The predicted molar refractivity (Wildman–Crippen MR) is 106 cm³/mol. The van der Waals surface area contributed by atoms with E-state index in [4.69, 9.17) is 9.47 Å². The van der Waals surface area contributed by atoms with Crippen LogP contribution in [0.25, 0.3) is 11.0 Å². The molecule has 0 bridgehead atoms. The van der Waals surface area contributed by atoms with Gasteiger partial charge in [0, 0.05) is 24.5 Å². The molecule has 10 heteroatoms. The van der Waals surface area contributed by atoms with Crippen LogP contribution in [0.2, 0.25) is 0 Å². The Bertz CT molecular complexity index is 1100. The van der Waals surface area contributed by atoms with Crippen molar-refractivity contribution in [2.75, 3.05) is 30.4 Å². The summed E-state index contributed by atoms with van der Waals surface area (Å²) in [6.45, 7) is 3.05. The van der Waals surface area contributed by atoms with Crippen LogP contribution in [0, 0.1) is 0 Å². The molecule has 1 aliphatic heterocycles. The molecular weight excluding hydrogens is 401 g/mol. The van der Waals surface area contributed by atoms with Crippen molar-refractivity contribution in [1.29, 1.82) is 0 Å². The van der Waals surface area contributed by atoms with Gasteiger partial charge in [-0.1, -0.05) is 6.92 Å². The number of anilines is 3. The van der Waals surface area contributed by atoms with Crippen LogP contribution in [-0.4, -0.2) is 36.0 Å². The van der Waals surface area contributed by atoms with Crippen molar-refractivity contribution in [2.45, 2.75) is 19.5 Å². The highest BCUT2D eigenvalue weighted by atomic mass is 19.4. The molecule has 0 fully saturated rings. The summed E-state index contributed by atoms with van der Waals surface area (Å²) in [4.78, 5) is 18.1. The summed E-state index contributed by atoms with van der Waals surface area (Å²) < 4.78 is 51.4. The molecular formula is C20H19F3N4O3. The van der Waals surface area contributed by atoms with Gasteiger partial charge in [0.2, 0.25) is 0 Å². The van der Waals surface area contributed by atoms with Crippen LogP contribution in [-0.2, 0) is 6.18 Å². The summed E-state index contributed by atoms with van der Waals surface area (Å²) in [7, 11) is 0. The first kappa shape index (κ1) is 19.9. The van der Waals surface area contributed by atoms with Crippen molar-refractivity contribution in [1.82, 2.24) is 9.97 Å². The number of hydrogen-bond donors (Lipinski definition) is 3. The zero-order valence-corrected chi connectivity index (χ0v) is 16.0. The van der Waals surface area contributed by atoms with E-state index in [1.165, 1.54) is 6.07 Å². The minimum Gasteiger partial charge on any atom is -0.485 e. The molecule has 1 aromatic carbocycles. The average molecular weight is 420 g/mol. The summed E-state index contributed by atoms with van der Waals surface area (Å²) in [6, 6.07) is 4.73. The monoisotopic (exact) mass is 420 g/mol. The number of carbonyl (C=O) groups excluding carboxylic acids is 1. The first-order chi connectivity index (χ1) is 14.4. The molecule has 2 aromatic heterocycles. The maximum atomic E-state index is 13.4. The number of halogens is 3. The van der Waals surface area contributed by atoms with Gasteiger partial charge < -0.3 is 25.1 Å². The van der Waals surface area contributed by atoms with Crippen LogP contribution in [0.4, 0.5) is 30.4 Å². The predicted octanol–water partition coefficient (Wildman–Crippen LogP) is 4.73. The van der Waals surface area contributed by atoms with Gasteiger partial charge in [0.15, 0.2) is 17.8 Å². The smallest absolute Gasteiger partial charge is 0.418 e. The Morgan fingerprint density at radius 2 is 1.97 bits per heavy atom. The van der Waals surface area contributed by atoms with Crippen LogP contribution in [0.1, 0.15) is 29.3 Å². The molecule has 0 atom stereocenters. The molecule has 0 radical (unpaired) electrons. The molecule has 30 heavy (non-hydrogen) atoms. The Balaban J connectivity index is 1.78. The number of nitrogens with zero attached hydrogens (tertiary/aromatic N) is 1. The summed E-state index contributed by atoms with van der Waals surface area (Å²) in [5.74, 6) is 0.996. The van der Waals surface area contributed by atoms with E-state index < -0.39 is 11.7 Å². The lowest BCUT2D eigenvalue weighted by Crippen LogP contribution is -2.17. The molecule has 3 aromatic rings. The van der Waals surface area contributed by atoms with E-state index in [0.717, 1.165) is 12.6 Å². The number of aldehydes is 1. The third kappa shape index (κ3) is 3.60. The quantitative estimate of drug-likeness (QED) is 0.500. The molecule has 158 valence electrons. The number of benzene rings is 1. The van der Waals surface area contributed by atoms with Gasteiger partial charge in [-0.2, -0.15) is 13.2 Å². The Kier molecular flexibility index (Phi) is 5.15. The van der Waals surface area contributed by atoms with E-state index in [1.54, 1.807) is 12.1 Å². The number of nitrogens with one attached hydrogen (secondary N) is 3. The van der Waals surface area contributed by atoms with Gasteiger partial charge in [-0.15, -0.1) is 0 Å². The highest BCUT2D eigenvalue weighted by molar-refractivity contribution is 5.95. The Labute approximate surface area is 169 Å². The molecule has 4 rings (SSSR count). The van der Waals surface area contributed by atoms with Crippen LogP contribution >= 0.6 is 0 Å². The number of aromatic amines is 1. The normalized spacial score (nSPS) is 13.3. The van der Waals surface area contributed by atoms with Crippen molar-refractivity contribution in [3.05, 3.63) is 35.5 Å². The molecule has 3 heterocycles. The third-order valence-electron chi connectivity index (χ3n) is 4.62. The Hall–Kier alpha value is -3.43. The average Bonchev–Trinajstić information content (AvgIpc) is 3.17. The Morgan fingerprint density at radius 1 is 1.20 bits per heavy atom. The van der Waals surface area contributed by atoms with Gasteiger partial charge >= 0.3 is 6.18 Å². The second-order valence-corrected chi connectivity index (χ2v) is 6.71. The molecule has 0 aliphatic carbocycles. The zero-order chi connectivity index (χ0) is 21.3. The summed E-state index contributed by atoms with van der Waals surface area (Å²) in [6.07, 6.45) is -2.18. The van der Waals surface area contributed by atoms with E-state index >= 15 is 0 Å². The second kappa shape index (κ2) is 7.77. The second-order valence-electron chi connectivity index (χ2n) is 6.71. The largest absolute Gasteiger partial charge is 0.485 e. The minimum atomic E-state index is -4.51. The van der Waals surface area contributed by atoms with Crippen LogP contribution in [0.3, 0.4) is 0 Å². The maximum Gasteiger partial charge on any atom is 0.418 e. The first-order valence-corrected chi connectivity index (χ1v) is 9.40. The van der Waals surface area contributed by atoms with Crippen molar-refractivity contribution >= 4 is 34.5 Å². The van der Waals surface area contributed by atoms with Crippen LogP contribution < -0.4 is 20.1 Å². The van der Waals surface area contributed by atoms with E-state index in [0.29, 0.717) is 60.3 Å². The number of hydrogen-bond acceptors (Lipinski definition) is 6. The first-order valence-electron chi connectivity index (χ1n) is 9.40. The number of ether oxygens (including phenoxy) is 2. The van der Waals surface area contributed by atoms with E-state index in [2.05, 4.69) is 20.6 Å². The van der Waals surface area contributed by atoms with Crippen LogP contribution in [0.5, 0.6) is 11.5 Å². The van der Waals surface area contributed by atoms with Crippen LogP contribution in [0.15, 0.2) is 24.4 Å². The number of pyridine rings is 1. The molecule has 0 spiro atoms. The van der Waals surface area contributed by atoms with E-state index in [-0.39, 0.29) is 11.0 Å². The van der Waals surface area contributed by atoms with Crippen molar-refractivity contribution < 1.29 is 27.4 Å². The molecule has 0 amide bonds. The number of fused-ring (bicyclic) bond motifs is 2. The maximum absolute atomic E-state index is 13.4. The Morgan fingerprint density at radius 3 is 2.67 bits per heavy atom. The number of carbonyl (C=O) groups is 1. The highest BCUT2D eigenvalue weighted by Gasteiger charge is 2.35. The van der Waals surface area contributed by atoms with Gasteiger partial charge in [0.25, 0.3) is 0 Å². The van der Waals surface area contributed by atoms with E-state index in [9.17, 15) is 18.0 Å². The number of aromatic nitrogens is 2. The fourth-order valence-electron chi connectivity index (χ4n) is 3.31. The van der Waals surface area contributed by atoms with Gasteiger partial charge in [-0.05, 0) is 18.6 Å². The van der Waals surface area contributed by atoms with Gasteiger partial charge in [0.05, 0.1) is 22.2 Å². The lowest BCUT2D eigenvalue weighted by molar-refractivity contribution is -0.136. The fraction of sp³-hybridized carbons (Fsp3) is 0.300. The van der Waals surface area contributed by atoms with Crippen molar-refractivity contribution in [2.24, 2.45) is 0 Å². The molecule has 3 N–H and O–H groups in total. The number of rotatable bonds is 6. The molecule has 7 nitrogen and oxygen atoms in total. The zero-order valence-electron chi connectivity index (χ0n) is 16.0. The van der Waals surface area contributed by atoms with Crippen molar-refractivity contribution in [3.63, 3.8) is 0 Å². The summed E-state index contributed by atoms with van der Waals surface area (Å²) in [5, 5.41) is 6.09. The van der Waals surface area contributed by atoms with Gasteiger partial charge in [0.1, 0.15) is 24.7 Å². The molecule has 1 aliphatic rings. The lowest BCUT2D eigenvalue weighted by Gasteiger charge is -2.22. The summed E-state index contributed by atoms with van der Waals surface area (Å²) >= 11 is 0. The minimum absolute atomic E-state index is 0.0144. The van der Waals surface area contributed by atoms with Gasteiger partial charge in [-0.25, -0.2) is 4.98 Å². The SMILES string of the molecule is CCCNc1cc(Nc2ccc(C=O)c3c2OCCO3)nc2[nH]cc(C(F)(F)F)c12. The van der Waals surface area contributed by atoms with Gasteiger partial charge in [-0.3, -0.25) is 4.79 Å². The third-order valence-corrected chi connectivity index (χ3v) is 4.62. The topological polar surface area (TPSA) is 88.3 Å². The number of H-pyrrole nitrogens is 1. The number of alkyl halides is 3. The molecule has 0 unspecified atom stereocenters. The molecule has 0 saturated carbocycles. The van der Waals surface area contributed by atoms with Crippen molar-refractivity contribution in [3.8, 4) is 11.5 Å². The highest BCUT2D eigenvalue weighted by Crippen LogP contribution is 2.42. The molecule has 0 saturated heterocycles. The standard InChI is InChI=1S/C20H19F3N4O3/c1-2-5-24-14-8-15(27-19-16(14)12(9-25-19)20(21,22)23)26-13-4-3-11(10-28)17-18(13)30-7-6-29-17/h3-4,8-10H,2,5-7H2,1H3,(H3,24,25,26,27). The van der Waals surface area contributed by atoms with E-state index in [1.807, 2.05) is 6.92 Å². The summed E-state index contributed by atoms with van der Waals surface area (Å²) in [5.41, 5.74) is 0.476. The lowest BCUT2D eigenvalue weighted by atomic mass is 10.1. The fourth-order valence-corrected chi connectivity index (χ4v) is 3.31.